The summed E-state index contributed by atoms with van der Waals surface area (Å²) in [5.41, 5.74) is 0.971. The summed E-state index contributed by atoms with van der Waals surface area (Å²) >= 11 is 0. The van der Waals surface area contributed by atoms with Gasteiger partial charge in [0.1, 0.15) is 12.2 Å². The number of urea groups is 1. The lowest BCUT2D eigenvalue weighted by atomic mass is 10.1. The lowest BCUT2D eigenvalue weighted by Crippen LogP contribution is -2.46. The van der Waals surface area contributed by atoms with Crippen LogP contribution in [0.1, 0.15) is 12.5 Å². The van der Waals surface area contributed by atoms with Gasteiger partial charge in [-0.1, -0.05) is 6.07 Å². The van der Waals surface area contributed by atoms with Crippen molar-refractivity contribution in [3.05, 3.63) is 29.8 Å². The Balaban J connectivity index is 1.53. The standard InChI is InChI=1S/C17H20N4O5/c1-2-19-17(23)26-13-9-25-14-12(8-24-15(13)14)21-16(22)20-11-5-3-4-10(6-11)7-18/h3-6,12-15H,2,8-9H2,1H3,(H,19,23)(H2,20,21,22)/t12-,13-,14-,15+/m0/s1. The molecule has 2 aliphatic heterocycles. The first-order valence-electron chi connectivity index (χ1n) is 8.36. The molecule has 0 bridgehead atoms. The van der Waals surface area contributed by atoms with Crippen LogP contribution in [-0.4, -0.2) is 56.2 Å². The monoisotopic (exact) mass is 360 g/mol. The van der Waals surface area contributed by atoms with Crippen LogP contribution < -0.4 is 16.0 Å². The molecule has 138 valence electrons. The van der Waals surface area contributed by atoms with Gasteiger partial charge >= 0.3 is 12.1 Å². The lowest BCUT2D eigenvalue weighted by Gasteiger charge is -2.18. The largest absolute Gasteiger partial charge is 0.441 e. The maximum atomic E-state index is 12.2. The van der Waals surface area contributed by atoms with E-state index in [-0.39, 0.29) is 25.4 Å². The lowest BCUT2D eigenvalue weighted by molar-refractivity contribution is 0.00419. The third kappa shape index (κ3) is 4.04. The summed E-state index contributed by atoms with van der Waals surface area (Å²) in [5.74, 6) is 0. The number of ether oxygens (including phenoxy) is 3. The number of hydrogen-bond donors (Lipinski definition) is 3. The predicted molar refractivity (Wildman–Crippen MR) is 90.5 cm³/mol. The van der Waals surface area contributed by atoms with Crippen LogP contribution in [-0.2, 0) is 14.2 Å². The van der Waals surface area contributed by atoms with Crippen LogP contribution in [0, 0.1) is 11.3 Å². The molecule has 0 saturated carbocycles. The molecule has 3 amide bonds. The maximum absolute atomic E-state index is 12.2. The summed E-state index contributed by atoms with van der Waals surface area (Å²) in [6, 6.07) is 7.84. The van der Waals surface area contributed by atoms with Gasteiger partial charge in [-0.3, -0.25) is 0 Å². The summed E-state index contributed by atoms with van der Waals surface area (Å²) in [5, 5.41) is 16.9. The minimum absolute atomic E-state index is 0.219. The number of carbonyl (C=O) groups excluding carboxylic acids is 2. The summed E-state index contributed by atoms with van der Waals surface area (Å²) in [6.07, 6.45) is -1.82. The Morgan fingerprint density at radius 2 is 2.12 bits per heavy atom. The Bertz CT molecular complexity index is 719. The summed E-state index contributed by atoms with van der Waals surface area (Å²) in [4.78, 5) is 23.7. The number of nitrogens with zero attached hydrogens (tertiary/aromatic N) is 1. The van der Waals surface area contributed by atoms with Crippen molar-refractivity contribution in [1.82, 2.24) is 10.6 Å². The second kappa shape index (κ2) is 8.03. The van der Waals surface area contributed by atoms with Gasteiger partial charge in [-0.15, -0.1) is 0 Å². The molecule has 0 aromatic heterocycles. The minimum Gasteiger partial charge on any atom is -0.441 e. The van der Waals surface area contributed by atoms with Crippen molar-refractivity contribution in [2.24, 2.45) is 0 Å². The number of fused-ring (bicyclic) bond motifs is 1. The van der Waals surface area contributed by atoms with Gasteiger partial charge in [-0.2, -0.15) is 5.26 Å². The number of carbonyl (C=O) groups is 2. The summed E-state index contributed by atoms with van der Waals surface area (Å²) < 4.78 is 16.6. The highest BCUT2D eigenvalue weighted by atomic mass is 16.6. The quantitative estimate of drug-likeness (QED) is 0.735. The Morgan fingerprint density at radius 3 is 2.88 bits per heavy atom. The van der Waals surface area contributed by atoms with Gasteiger partial charge in [-0.25, -0.2) is 9.59 Å². The second-order valence-corrected chi connectivity index (χ2v) is 5.97. The van der Waals surface area contributed by atoms with Crippen LogP contribution in [0.3, 0.4) is 0 Å². The van der Waals surface area contributed by atoms with E-state index >= 15 is 0 Å². The Morgan fingerprint density at radius 1 is 1.31 bits per heavy atom. The molecule has 1 aromatic carbocycles. The molecule has 2 saturated heterocycles. The van der Waals surface area contributed by atoms with Crippen LogP contribution in [0.5, 0.6) is 0 Å². The molecule has 1 aromatic rings. The zero-order chi connectivity index (χ0) is 18.5. The molecule has 2 aliphatic rings. The second-order valence-electron chi connectivity index (χ2n) is 5.97. The predicted octanol–water partition coefficient (Wildman–Crippen LogP) is 0.961. The van der Waals surface area contributed by atoms with Crippen LogP contribution in [0.15, 0.2) is 24.3 Å². The zero-order valence-electron chi connectivity index (χ0n) is 14.2. The van der Waals surface area contributed by atoms with E-state index in [2.05, 4.69) is 16.0 Å². The summed E-state index contributed by atoms with van der Waals surface area (Å²) in [6.45, 7) is 2.75. The highest BCUT2D eigenvalue weighted by Gasteiger charge is 2.50. The van der Waals surface area contributed by atoms with Gasteiger partial charge < -0.3 is 30.2 Å². The van der Waals surface area contributed by atoms with Crippen molar-refractivity contribution < 1.29 is 23.8 Å². The highest BCUT2D eigenvalue weighted by Crippen LogP contribution is 2.29. The number of benzene rings is 1. The molecule has 0 aliphatic carbocycles. The van der Waals surface area contributed by atoms with Gasteiger partial charge in [0.2, 0.25) is 0 Å². The van der Waals surface area contributed by atoms with E-state index < -0.39 is 24.3 Å². The molecule has 9 heteroatoms. The van der Waals surface area contributed by atoms with E-state index in [0.717, 1.165) is 0 Å². The van der Waals surface area contributed by atoms with Crippen molar-refractivity contribution in [3.8, 4) is 6.07 Å². The van der Waals surface area contributed by atoms with E-state index in [1.165, 1.54) is 0 Å². The van der Waals surface area contributed by atoms with Gasteiger partial charge in [0, 0.05) is 12.2 Å². The van der Waals surface area contributed by atoms with Gasteiger partial charge in [0.15, 0.2) is 6.10 Å². The molecule has 0 spiro atoms. The number of rotatable bonds is 4. The van der Waals surface area contributed by atoms with Crippen molar-refractivity contribution >= 4 is 17.8 Å². The molecule has 0 unspecified atom stereocenters. The van der Waals surface area contributed by atoms with Crippen molar-refractivity contribution in [2.45, 2.75) is 31.3 Å². The minimum atomic E-state index is -0.517. The number of amides is 3. The molecule has 2 fully saturated rings. The van der Waals surface area contributed by atoms with Crippen molar-refractivity contribution in [1.29, 1.82) is 5.26 Å². The third-order valence-corrected chi connectivity index (χ3v) is 4.15. The fraction of sp³-hybridized carbons (Fsp3) is 0.471. The fourth-order valence-electron chi connectivity index (χ4n) is 3.01. The van der Waals surface area contributed by atoms with Gasteiger partial charge in [0.05, 0.1) is 30.9 Å². The highest BCUT2D eigenvalue weighted by molar-refractivity contribution is 5.89. The van der Waals surface area contributed by atoms with Gasteiger partial charge in [0.25, 0.3) is 0 Å². The van der Waals surface area contributed by atoms with Crippen LogP contribution >= 0.6 is 0 Å². The van der Waals surface area contributed by atoms with E-state index in [4.69, 9.17) is 19.5 Å². The smallest absolute Gasteiger partial charge is 0.407 e. The van der Waals surface area contributed by atoms with E-state index in [1.54, 1.807) is 31.2 Å². The van der Waals surface area contributed by atoms with E-state index in [1.807, 2.05) is 6.07 Å². The zero-order valence-corrected chi connectivity index (χ0v) is 14.2. The fourth-order valence-corrected chi connectivity index (χ4v) is 3.01. The Labute approximate surface area is 150 Å². The number of nitrogens with one attached hydrogen (secondary N) is 3. The number of nitriles is 1. The molecule has 9 nitrogen and oxygen atoms in total. The topological polar surface area (TPSA) is 122 Å². The van der Waals surface area contributed by atoms with Crippen molar-refractivity contribution in [3.63, 3.8) is 0 Å². The SMILES string of the molecule is CCNC(=O)O[C@H]1CO[C@@H]2[C@@H]1OC[C@@H]2NC(=O)Nc1cccc(C#N)c1. The number of hydrogen-bond acceptors (Lipinski definition) is 6. The maximum Gasteiger partial charge on any atom is 0.407 e. The normalized spacial score (nSPS) is 26.5. The summed E-state index contributed by atoms with van der Waals surface area (Å²) in [7, 11) is 0. The molecule has 2 heterocycles. The van der Waals surface area contributed by atoms with Crippen molar-refractivity contribution in [2.75, 3.05) is 25.1 Å². The number of alkyl carbamates (subject to hydrolysis) is 1. The molecule has 0 radical (unpaired) electrons. The third-order valence-electron chi connectivity index (χ3n) is 4.15. The van der Waals surface area contributed by atoms with E-state index in [0.29, 0.717) is 17.8 Å². The first-order chi connectivity index (χ1) is 12.6. The first kappa shape index (κ1) is 18.0. The van der Waals surface area contributed by atoms with Crippen LogP contribution in [0.2, 0.25) is 0 Å². The Kier molecular flexibility index (Phi) is 5.55. The number of anilines is 1. The molecule has 4 atom stereocenters. The molecule has 26 heavy (non-hydrogen) atoms. The average Bonchev–Trinajstić information content (AvgIpc) is 3.19. The average molecular weight is 360 g/mol. The van der Waals surface area contributed by atoms with Crippen LogP contribution in [0.25, 0.3) is 0 Å². The molecular formula is C17H20N4O5. The first-order valence-corrected chi connectivity index (χ1v) is 8.36. The molecule has 3 rings (SSSR count). The Hall–Kier alpha value is -2.83. The van der Waals surface area contributed by atoms with Gasteiger partial charge in [-0.05, 0) is 25.1 Å². The van der Waals surface area contributed by atoms with E-state index in [9.17, 15) is 9.59 Å². The van der Waals surface area contributed by atoms with Crippen LogP contribution in [0.4, 0.5) is 15.3 Å². The molecular weight excluding hydrogens is 340 g/mol. The molecule has 3 N–H and O–H groups in total.